The SMILES string of the molecule is CC(C)(CO)NC(=O)N1CC(Nc2ncc3c(n2)[C@](C)(c2cccc(Cl)c2F)CN(c2ncccc2F)C3=O)C1. The summed E-state index contributed by atoms with van der Waals surface area (Å²) in [5.41, 5.74) is -1.50. The Morgan fingerprint density at radius 2 is 1.98 bits per heavy atom. The molecule has 3 N–H and O–H groups in total. The van der Waals surface area contributed by atoms with Crippen molar-refractivity contribution >= 4 is 35.3 Å². The summed E-state index contributed by atoms with van der Waals surface area (Å²) in [6, 6.07) is 6.70. The lowest BCUT2D eigenvalue weighted by molar-refractivity contribution is 0.0966. The molecule has 1 aromatic carbocycles. The van der Waals surface area contributed by atoms with Crippen molar-refractivity contribution in [1.29, 1.82) is 0 Å². The molecular weight excluding hydrogens is 544 g/mol. The van der Waals surface area contributed by atoms with Crippen molar-refractivity contribution in [1.82, 2.24) is 25.2 Å². The van der Waals surface area contributed by atoms with E-state index in [0.717, 1.165) is 4.90 Å². The van der Waals surface area contributed by atoms with Gasteiger partial charge in [0.05, 0.1) is 39.9 Å². The van der Waals surface area contributed by atoms with E-state index in [1.165, 1.54) is 30.6 Å². The Labute approximate surface area is 234 Å². The predicted octanol–water partition coefficient (Wildman–Crippen LogP) is 3.35. The van der Waals surface area contributed by atoms with Crippen LogP contribution in [0.5, 0.6) is 0 Å². The molecule has 10 nitrogen and oxygen atoms in total. The molecule has 0 saturated carbocycles. The second kappa shape index (κ2) is 10.3. The quantitative estimate of drug-likeness (QED) is 0.414. The van der Waals surface area contributed by atoms with Gasteiger partial charge in [-0.3, -0.25) is 9.69 Å². The zero-order valence-electron chi connectivity index (χ0n) is 22.1. The Hall–Kier alpha value is -3.90. The van der Waals surface area contributed by atoms with Gasteiger partial charge in [0, 0.05) is 37.6 Å². The molecule has 2 aliphatic rings. The van der Waals surface area contributed by atoms with Crippen LogP contribution in [0.3, 0.4) is 0 Å². The molecule has 2 aliphatic heterocycles. The minimum absolute atomic E-state index is 0.0737. The summed E-state index contributed by atoms with van der Waals surface area (Å²) < 4.78 is 30.2. The van der Waals surface area contributed by atoms with Crippen LogP contribution < -0.4 is 15.5 Å². The summed E-state index contributed by atoms with van der Waals surface area (Å²) in [4.78, 5) is 41.7. The first kappa shape index (κ1) is 27.7. The third-order valence-electron chi connectivity index (χ3n) is 7.14. The number of aliphatic hydroxyl groups is 1. The van der Waals surface area contributed by atoms with Crippen LogP contribution in [0.4, 0.5) is 25.3 Å². The number of nitrogens with one attached hydrogen (secondary N) is 2. The number of urea groups is 1. The van der Waals surface area contributed by atoms with Crippen LogP contribution in [-0.4, -0.2) is 74.7 Å². The van der Waals surface area contributed by atoms with Gasteiger partial charge in [-0.25, -0.2) is 28.5 Å². The maximum absolute atomic E-state index is 15.4. The summed E-state index contributed by atoms with van der Waals surface area (Å²) in [5.74, 6) is -1.94. The number of benzene rings is 1. The number of amides is 3. The van der Waals surface area contributed by atoms with Crippen molar-refractivity contribution in [3.63, 3.8) is 0 Å². The molecule has 0 spiro atoms. The summed E-state index contributed by atoms with van der Waals surface area (Å²) >= 11 is 6.12. The first-order valence-corrected chi connectivity index (χ1v) is 13.0. The fraction of sp³-hybridized carbons (Fsp3) is 0.370. The Bertz CT molecular complexity index is 1480. The third kappa shape index (κ3) is 4.92. The highest BCUT2D eigenvalue weighted by Gasteiger charge is 2.46. The first-order valence-electron chi connectivity index (χ1n) is 12.6. The van der Waals surface area contributed by atoms with Crippen LogP contribution in [0.15, 0.2) is 42.7 Å². The molecule has 210 valence electrons. The van der Waals surface area contributed by atoms with Gasteiger partial charge in [0.1, 0.15) is 5.82 Å². The zero-order chi connectivity index (χ0) is 28.8. The topological polar surface area (TPSA) is 124 Å². The number of anilines is 2. The van der Waals surface area contributed by atoms with Crippen LogP contribution in [0.1, 0.15) is 42.4 Å². The van der Waals surface area contributed by atoms with Gasteiger partial charge >= 0.3 is 6.03 Å². The number of likely N-dealkylation sites (tertiary alicyclic amines) is 1. The van der Waals surface area contributed by atoms with Crippen molar-refractivity contribution < 1.29 is 23.5 Å². The van der Waals surface area contributed by atoms with Gasteiger partial charge in [0.15, 0.2) is 11.6 Å². The van der Waals surface area contributed by atoms with E-state index in [1.54, 1.807) is 37.8 Å². The predicted molar refractivity (Wildman–Crippen MR) is 144 cm³/mol. The van der Waals surface area contributed by atoms with Crippen molar-refractivity contribution in [3.05, 3.63) is 76.2 Å². The van der Waals surface area contributed by atoms with E-state index in [4.69, 9.17) is 11.6 Å². The van der Waals surface area contributed by atoms with Crippen LogP contribution in [0.2, 0.25) is 5.02 Å². The van der Waals surface area contributed by atoms with E-state index in [0.29, 0.717) is 13.1 Å². The molecule has 4 heterocycles. The van der Waals surface area contributed by atoms with Crippen molar-refractivity contribution in [3.8, 4) is 0 Å². The molecule has 3 aromatic rings. The molecule has 0 radical (unpaired) electrons. The summed E-state index contributed by atoms with van der Waals surface area (Å²) in [6.07, 6.45) is 2.70. The number of aliphatic hydroxyl groups excluding tert-OH is 1. The van der Waals surface area contributed by atoms with E-state index >= 15 is 4.39 Å². The Kier molecular flexibility index (Phi) is 7.09. The van der Waals surface area contributed by atoms with Gasteiger partial charge in [-0.2, -0.15) is 0 Å². The van der Waals surface area contributed by atoms with E-state index in [1.807, 2.05) is 0 Å². The molecule has 2 aromatic heterocycles. The average Bonchev–Trinajstić information content (AvgIpc) is 2.89. The molecule has 0 bridgehead atoms. The van der Waals surface area contributed by atoms with Crippen molar-refractivity contribution in [2.75, 3.05) is 36.5 Å². The van der Waals surface area contributed by atoms with Gasteiger partial charge < -0.3 is 20.6 Å². The second-order valence-corrected chi connectivity index (χ2v) is 11.2. The maximum atomic E-state index is 15.4. The van der Waals surface area contributed by atoms with Gasteiger partial charge in [0.2, 0.25) is 5.95 Å². The summed E-state index contributed by atoms with van der Waals surface area (Å²) in [5, 5.41) is 15.2. The van der Waals surface area contributed by atoms with Gasteiger partial charge in [-0.15, -0.1) is 0 Å². The molecule has 1 atom stereocenters. The lowest BCUT2D eigenvalue weighted by Gasteiger charge is -2.42. The number of aromatic nitrogens is 3. The molecule has 0 aliphatic carbocycles. The lowest BCUT2D eigenvalue weighted by Crippen LogP contribution is -2.62. The van der Waals surface area contributed by atoms with Crippen molar-refractivity contribution in [2.24, 2.45) is 0 Å². The zero-order valence-corrected chi connectivity index (χ0v) is 22.8. The van der Waals surface area contributed by atoms with E-state index < -0.39 is 28.5 Å². The van der Waals surface area contributed by atoms with E-state index in [2.05, 4.69) is 25.6 Å². The second-order valence-electron chi connectivity index (χ2n) is 10.8. The number of halogens is 3. The Balaban J connectivity index is 1.46. The van der Waals surface area contributed by atoms with Crippen molar-refractivity contribution in [2.45, 2.75) is 37.8 Å². The molecule has 5 rings (SSSR count). The van der Waals surface area contributed by atoms with Crippen LogP contribution in [-0.2, 0) is 5.41 Å². The first-order chi connectivity index (χ1) is 18.9. The molecule has 13 heteroatoms. The highest BCUT2D eigenvalue weighted by Crippen LogP contribution is 2.42. The minimum Gasteiger partial charge on any atom is -0.394 e. The highest BCUT2D eigenvalue weighted by atomic mass is 35.5. The molecule has 1 saturated heterocycles. The number of carbonyl (C=O) groups excluding carboxylic acids is 2. The number of hydrogen-bond donors (Lipinski definition) is 3. The van der Waals surface area contributed by atoms with Gasteiger partial charge in [-0.1, -0.05) is 23.7 Å². The molecular formula is C27H28ClF2N7O3. The Morgan fingerprint density at radius 1 is 1.23 bits per heavy atom. The molecule has 3 amide bonds. The molecule has 40 heavy (non-hydrogen) atoms. The minimum atomic E-state index is -1.25. The van der Waals surface area contributed by atoms with Crippen LogP contribution in [0, 0.1) is 11.6 Å². The smallest absolute Gasteiger partial charge is 0.318 e. The number of hydrogen-bond acceptors (Lipinski definition) is 7. The summed E-state index contributed by atoms with van der Waals surface area (Å²) in [7, 11) is 0. The summed E-state index contributed by atoms with van der Waals surface area (Å²) in [6.45, 7) is 5.50. The fourth-order valence-corrected chi connectivity index (χ4v) is 5.03. The third-order valence-corrected chi connectivity index (χ3v) is 7.44. The van der Waals surface area contributed by atoms with Gasteiger partial charge in [-0.05, 0) is 39.0 Å². The van der Waals surface area contributed by atoms with E-state index in [9.17, 15) is 19.1 Å². The maximum Gasteiger partial charge on any atom is 0.318 e. The lowest BCUT2D eigenvalue weighted by atomic mass is 9.74. The molecule has 0 unspecified atom stereocenters. The number of rotatable bonds is 6. The van der Waals surface area contributed by atoms with Gasteiger partial charge in [0.25, 0.3) is 5.91 Å². The largest absolute Gasteiger partial charge is 0.394 e. The Morgan fingerprint density at radius 3 is 2.67 bits per heavy atom. The molecule has 1 fully saturated rings. The highest BCUT2D eigenvalue weighted by molar-refractivity contribution is 6.30. The normalized spacial score (nSPS) is 19.2. The monoisotopic (exact) mass is 571 g/mol. The number of pyridine rings is 1. The number of fused-ring (bicyclic) bond motifs is 1. The average molecular weight is 572 g/mol. The fourth-order valence-electron chi connectivity index (χ4n) is 4.85. The number of nitrogens with zero attached hydrogens (tertiary/aromatic N) is 5. The van der Waals surface area contributed by atoms with Crippen LogP contribution in [0.25, 0.3) is 0 Å². The number of carbonyl (C=O) groups is 2. The van der Waals surface area contributed by atoms with E-state index in [-0.39, 0.29) is 58.8 Å². The standard InChI is InChI=1S/C27H28ClF2N7O3/c1-26(2,14-38)35-25(40)36-11-15(12-36)33-24-32-10-16-21(34-24)27(3,17-6-4-7-18(28)20(17)30)13-37(23(16)39)22-19(29)8-5-9-31-22/h4-10,15,38H,11-14H2,1-3H3,(H,35,40)(H,32,33,34)/t27-/m0/s1. The van der Waals surface area contributed by atoms with Crippen LogP contribution >= 0.6 is 11.6 Å².